The van der Waals surface area contributed by atoms with Crippen LogP contribution in [0, 0.1) is 5.92 Å². The number of aliphatic hydroxyl groups is 1. The van der Waals surface area contributed by atoms with Crippen molar-refractivity contribution < 1.29 is 31.5 Å². The Bertz CT molecular complexity index is 840. The summed E-state index contributed by atoms with van der Waals surface area (Å²) in [5.41, 5.74) is 2.67. The van der Waals surface area contributed by atoms with Gasteiger partial charge in [0.25, 0.3) is 10.0 Å². The second kappa shape index (κ2) is 5.99. The fourth-order valence-corrected chi connectivity index (χ4v) is 3.77. The highest BCUT2D eigenvalue weighted by atomic mass is 32.2. The van der Waals surface area contributed by atoms with Gasteiger partial charge in [0.2, 0.25) is 5.91 Å². The molecule has 4 N–H and O–H groups in total. The highest BCUT2D eigenvalue weighted by Gasteiger charge is 2.65. The molecule has 0 unspecified atom stereocenters. The topological polar surface area (TPSA) is 134 Å². The molecule has 1 aromatic carbocycles. The second-order valence-electron chi connectivity index (χ2n) is 6.26. The largest absolute Gasteiger partial charge is 0.442 e. The van der Waals surface area contributed by atoms with E-state index in [1.165, 1.54) is 0 Å². The number of nitrogens with one attached hydrogen (secondary N) is 1. The summed E-state index contributed by atoms with van der Waals surface area (Å²) in [5.74, 6) is -1.38. The highest BCUT2D eigenvalue weighted by molar-refractivity contribution is 7.90. The molecule has 0 aromatic heterocycles. The first-order valence-electron chi connectivity index (χ1n) is 7.57. The van der Waals surface area contributed by atoms with Gasteiger partial charge in [-0.15, -0.1) is 10.2 Å². The fraction of sp³-hybridized carbons (Fsp3) is 0.500. The summed E-state index contributed by atoms with van der Waals surface area (Å²) in [6.45, 7) is 0. The molecule has 1 amide bonds. The molecule has 1 aliphatic carbocycles. The number of aliphatic hydroxyl groups excluding tert-OH is 1. The van der Waals surface area contributed by atoms with Crippen molar-refractivity contribution in [2.45, 2.75) is 41.7 Å². The van der Waals surface area contributed by atoms with Crippen LogP contribution in [0.4, 0.5) is 13.2 Å². The van der Waals surface area contributed by atoms with Crippen LogP contribution in [0.3, 0.4) is 0 Å². The van der Waals surface area contributed by atoms with E-state index in [2.05, 4.69) is 10.2 Å². The molecule has 8 nitrogen and oxygen atoms in total. The van der Waals surface area contributed by atoms with Crippen molar-refractivity contribution in [3.05, 3.63) is 29.8 Å². The number of nitrogens with two attached hydrogens (primary N) is 1. The van der Waals surface area contributed by atoms with E-state index in [0.29, 0.717) is 6.42 Å². The summed E-state index contributed by atoms with van der Waals surface area (Å²) in [4.78, 5) is 11.5. The number of sulfonamides is 1. The van der Waals surface area contributed by atoms with Gasteiger partial charge >= 0.3 is 11.8 Å². The van der Waals surface area contributed by atoms with E-state index in [-0.39, 0.29) is 22.9 Å². The molecule has 0 bridgehead atoms. The van der Waals surface area contributed by atoms with Crippen LogP contribution in [0.1, 0.15) is 18.4 Å². The molecule has 0 spiro atoms. The van der Waals surface area contributed by atoms with Crippen molar-refractivity contribution in [2.24, 2.45) is 21.9 Å². The molecular formula is C14H15F3N4O4S. The molecular weight excluding hydrogens is 377 g/mol. The van der Waals surface area contributed by atoms with Crippen LogP contribution in [0.5, 0.6) is 0 Å². The number of hydrogen-bond donors (Lipinski definition) is 3. The molecule has 142 valence electrons. The second-order valence-corrected chi connectivity index (χ2v) is 7.94. The van der Waals surface area contributed by atoms with Crippen molar-refractivity contribution >= 4 is 15.9 Å². The predicted molar refractivity (Wildman–Crippen MR) is 81.1 cm³/mol. The molecule has 2 aliphatic rings. The number of alkyl halides is 3. The third-order valence-corrected chi connectivity index (χ3v) is 5.88. The summed E-state index contributed by atoms with van der Waals surface area (Å²) in [7, 11) is -4.27. The van der Waals surface area contributed by atoms with Crippen molar-refractivity contribution in [1.82, 2.24) is 4.72 Å². The lowest BCUT2D eigenvalue weighted by atomic mass is 9.75. The zero-order valence-corrected chi connectivity index (χ0v) is 14.0. The SMILES string of the molecule is N[C@@H]1C[C@H](O)[C@H]1CC(=O)NS(=O)(=O)c1ccc(C2(C(F)(F)F)N=N2)cc1. The molecule has 0 radical (unpaired) electrons. The van der Waals surface area contributed by atoms with Gasteiger partial charge in [-0.05, 0) is 18.6 Å². The molecule has 1 fully saturated rings. The first-order chi connectivity index (χ1) is 12.0. The minimum Gasteiger partial charge on any atom is -0.393 e. The van der Waals surface area contributed by atoms with Crippen LogP contribution < -0.4 is 10.5 Å². The molecule has 3 rings (SSSR count). The van der Waals surface area contributed by atoms with Gasteiger partial charge in [-0.3, -0.25) is 4.79 Å². The predicted octanol–water partition coefficient (Wildman–Crippen LogP) is 0.771. The summed E-state index contributed by atoms with van der Waals surface area (Å²) in [5, 5.41) is 15.5. The van der Waals surface area contributed by atoms with Crippen LogP contribution in [-0.2, 0) is 20.5 Å². The standard InChI is InChI=1S/C14H15F3N4O4S/c15-14(16,17)13(20-21-13)7-1-3-8(4-2-7)26(24,25)19-12(23)5-9-10(18)6-11(9)22/h1-4,9-11,22H,5-6,18H2,(H,19,23)/t9-,10+,11-/m0/s1. The van der Waals surface area contributed by atoms with Gasteiger partial charge in [0.15, 0.2) is 0 Å². The number of carbonyl (C=O) groups excluding carboxylic acids is 1. The molecule has 1 aliphatic heterocycles. The Labute approximate surface area is 146 Å². The van der Waals surface area contributed by atoms with Crippen LogP contribution >= 0.6 is 0 Å². The van der Waals surface area contributed by atoms with Crippen LogP contribution in [-0.4, -0.2) is 37.8 Å². The Balaban J connectivity index is 1.69. The first-order valence-corrected chi connectivity index (χ1v) is 9.05. The minimum absolute atomic E-state index is 0.269. The van der Waals surface area contributed by atoms with Gasteiger partial charge in [0.05, 0.1) is 11.0 Å². The zero-order valence-electron chi connectivity index (χ0n) is 13.1. The minimum atomic E-state index is -4.72. The van der Waals surface area contributed by atoms with Crippen molar-refractivity contribution in [3.63, 3.8) is 0 Å². The number of halogens is 3. The third kappa shape index (κ3) is 3.19. The summed E-state index contributed by atoms with van der Waals surface area (Å²) in [6.07, 6.45) is -5.41. The van der Waals surface area contributed by atoms with E-state index in [0.717, 1.165) is 24.3 Å². The van der Waals surface area contributed by atoms with Crippen LogP contribution in [0.15, 0.2) is 39.4 Å². The molecule has 26 heavy (non-hydrogen) atoms. The van der Waals surface area contributed by atoms with E-state index >= 15 is 0 Å². The summed E-state index contributed by atoms with van der Waals surface area (Å²) >= 11 is 0. The van der Waals surface area contributed by atoms with E-state index in [9.17, 15) is 31.5 Å². The smallest absolute Gasteiger partial charge is 0.393 e. The van der Waals surface area contributed by atoms with Gasteiger partial charge in [0, 0.05) is 23.9 Å². The number of hydrogen-bond acceptors (Lipinski definition) is 7. The van der Waals surface area contributed by atoms with E-state index in [1.807, 2.05) is 4.72 Å². The maximum absolute atomic E-state index is 12.9. The van der Waals surface area contributed by atoms with Gasteiger partial charge < -0.3 is 10.8 Å². The molecule has 12 heteroatoms. The quantitative estimate of drug-likeness (QED) is 0.680. The highest BCUT2D eigenvalue weighted by Crippen LogP contribution is 2.52. The Hall–Kier alpha value is -2.05. The lowest BCUT2D eigenvalue weighted by Gasteiger charge is -2.38. The number of benzene rings is 1. The lowest BCUT2D eigenvalue weighted by molar-refractivity contribution is -0.166. The lowest BCUT2D eigenvalue weighted by Crippen LogP contribution is -2.52. The number of carbonyl (C=O) groups is 1. The molecule has 0 saturated heterocycles. The van der Waals surface area contributed by atoms with Gasteiger partial charge in [-0.2, -0.15) is 13.2 Å². The number of amides is 1. The number of rotatable bonds is 5. The van der Waals surface area contributed by atoms with Gasteiger partial charge in [-0.25, -0.2) is 13.1 Å². The van der Waals surface area contributed by atoms with Crippen molar-refractivity contribution in [1.29, 1.82) is 0 Å². The van der Waals surface area contributed by atoms with Crippen LogP contribution in [0.25, 0.3) is 0 Å². The van der Waals surface area contributed by atoms with E-state index < -0.39 is 39.8 Å². The third-order valence-electron chi connectivity index (χ3n) is 4.49. The summed E-state index contributed by atoms with van der Waals surface area (Å²) < 4.78 is 64.9. The monoisotopic (exact) mass is 392 g/mol. The zero-order chi connectivity index (χ0) is 19.3. The van der Waals surface area contributed by atoms with Crippen LogP contribution in [0.2, 0.25) is 0 Å². The Morgan fingerprint density at radius 2 is 1.88 bits per heavy atom. The summed E-state index contributed by atoms with van der Waals surface area (Å²) in [6, 6.07) is 3.37. The van der Waals surface area contributed by atoms with E-state index in [4.69, 9.17) is 5.73 Å². The fourth-order valence-electron chi connectivity index (χ4n) is 2.78. The molecule has 1 heterocycles. The average molecular weight is 392 g/mol. The average Bonchev–Trinajstić information content (AvgIpc) is 3.34. The maximum Gasteiger partial charge on any atom is 0.442 e. The first kappa shape index (κ1) is 18.7. The van der Waals surface area contributed by atoms with Crippen molar-refractivity contribution in [2.75, 3.05) is 0 Å². The molecule has 1 aromatic rings. The normalized spacial score (nSPS) is 26.9. The van der Waals surface area contributed by atoms with E-state index in [1.54, 1.807) is 0 Å². The molecule has 3 atom stereocenters. The van der Waals surface area contributed by atoms with Gasteiger partial charge in [0.1, 0.15) is 0 Å². The maximum atomic E-state index is 12.9. The Morgan fingerprint density at radius 1 is 1.31 bits per heavy atom. The van der Waals surface area contributed by atoms with Crippen molar-refractivity contribution in [3.8, 4) is 0 Å². The number of nitrogens with zero attached hydrogens (tertiary/aromatic N) is 2. The van der Waals surface area contributed by atoms with Gasteiger partial charge in [-0.1, -0.05) is 12.1 Å². The Kier molecular flexibility index (Phi) is 4.32. The Morgan fingerprint density at radius 3 is 2.31 bits per heavy atom. The molecule has 1 saturated carbocycles.